The molecule has 0 fully saturated rings. The van der Waals surface area contributed by atoms with E-state index in [1.807, 2.05) is 26.8 Å². The van der Waals surface area contributed by atoms with E-state index in [0.29, 0.717) is 5.69 Å². The van der Waals surface area contributed by atoms with Crippen molar-refractivity contribution in [1.29, 1.82) is 0 Å². The van der Waals surface area contributed by atoms with E-state index >= 15 is 0 Å². The van der Waals surface area contributed by atoms with Crippen LogP contribution in [0.15, 0.2) is 18.2 Å². The minimum absolute atomic E-state index is 0.184. The topological polar surface area (TPSA) is 78.8 Å². The highest BCUT2D eigenvalue weighted by Crippen LogP contribution is 2.50. The number of fused-ring (bicyclic) bond motifs is 1. The number of hydrogen-bond acceptors (Lipinski definition) is 5. The summed E-state index contributed by atoms with van der Waals surface area (Å²) in [4.78, 5) is 11.7. The van der Waals surface area contributed by atoms with E-state index in [4.69, 9.17) is 4.74 Å². The molecule has 0 atom stereocenters. The Morgan fingerprint density at radius 2 is 2.11 bits per heavy atom. The highest BCUT2D eigenvalue weighted by atomic mass is 32.3. The average molecular weight is 285 g/mol. The second kappa shape index (κ2) is 4.70. The molecule has 5 nitrogen and oxygen atoms in total. The second-order valence-electron chi connectivity index (χ2n) is 5.67. The van der Waals surface area contributed by atoms with Crippen molar-refractivity contribution < 1.29 is 18.6 Å². The quantitative estimate of drug-likeness (QED) is 0.727. The summed E-state index contributed by atoms with van der Waals surface area (Å²) < 4.78 is 27.1. The summed E-state index contributed by atoms with van der Waals surface area (Å²) in [5.41, 5.74) is 1.85. The third-order valence-corrected chi connectivity index (χ3v) is 3.83. The smallest absolute Gasteiger partial charge is 0.310 e. The van der Waals surface area contributed by atoms with E-state index < -0.39 is 16.4 Å². The zero-order valence-electron chi connectivity index (χ0n) is 11.3. The van der Waals surface area contributed by atoms with Gasteiger partial charge in [-0.15, -0.1) is 10.8 Å². The lowest BCUT2D eigenvalue weighted by atomic mass is 10.1. The summed E-state index contributed by atoms with van der Waals surface area (Å²) in [6.07, 6.45) is 0.184. The van der Waals surface area contributed by atoms with Gasteiger partial charge in [-0.3, -0.25) is 18.6 Å². The predicted octanol–water partition coefficient (Wildman–Crippen LogP) is 3.16. The van der Waals surface area contributed by atoms with Gasteiger partial charge in [-0.25, -0.2) is 0 Å². The molecule has 0 radical (unpaired) electrons. The molecule has 0 aromatic heterocycles. The molecular formula is C13H19NO4S. The van der Waals surface area contributed by atoms with Crippen molar-refractivity contribution in [2.45, 2.75) is 38.5 Å². The highest BCUT2D eigenvalue weighted by Gasteiger charge is 2.24. The van der Waals surface area contributed by atoms with Gasteiger partial charge in [-0.1, -0.05) is 12.1 Å². The standard InChI is InChI=1S/C13H19NO4S/c1-13(2,3)18-12(15)7-9-4-5-11-10(6-9)8-19(16,17)14-11/h4-6,14,16-17H,7-8H2,1-3H3. The molecule has 0 saturated heterocycles. The van der Waals surface area contributed by atoms with Crippen LogP contribution in [0, 0.1) is 0 Å². The molecule has 1 aliphatic rings. The van der Waals surface area contributed by atoms with E-state index in [1.165, 1.54) is 0 Å². The van der Waals surface area contributed by atoms with Crippen molar-refractivity contribution in [1.82, 2.24) is 0 Å². The lowest BCUT2D eigenvalue weighted by Gasteiger charge is -2.26. The molecule has 0 amide bonds. The fourth-order valence-electron chi connectivity index (χ4n) is 1.95. The van der Waals surface area contributed by atoms with Crippen molar-refractivity contribution in [3.8, 4) is 0 Å². The largest absolute Gasteiger partial charge is 0.460 e. The van der Waals surface area contributed by atoms with Gasteiger partial charge in [-0.2, -0.15) is 0 Å². The third-order valence-electron chi connectivity index (χ3n) is 2.57. The predicted molar refractivity (Wildman–Crippen MR) is 76.2 cm³/mol. The minimum Gasteiger partial charge on any atom is -0.460 e. The Morgan fingerprint density at radius 1 is 1.42 bits per heavy atom. The normalized spacial score (nSPS) is 18.4. The summed E-state index contributed by atoms with van der Waals surface area (Å²) in [6, 6.07) is 5.36. The molecule has 1 aromatic carbocycles. The van der Waals surface area contributed by atoms with E-state index in [1.54, 1.807) is 12.1 Å². The molecule has 19 heavy (non-hydrogen) atoms. The first kappa shape index (κ1) is 14.2. The van der Waals surface area contributed by atoms with Gasteiger partial charge < -0.3 is 4.74 Å². The lowest BCUT2D eigenvalue weighted by molar-refractivity contribution is -0.153. The molecule has 3 N–H and O–H groups in total. The Labute approximate surface area is 114 Å². The molecule has 0 bridgehead atoms. The Kier molecular flexibility index (Phi) is 3.51. The molecule has 0 spiro atoms. The summed E-state index contributed by atoms with van der Waals surface area (Å²) in [5, 5.41) is 0. The molecule has 6 heteroatoms. The van der Waals surface area contributed by atoms with E-state index in [9.17, 15) is 13.9 Å². The fraction of sp³-hybridized carbons (Fsp3) is 0.462. The molecule has 106 valence electrons. The first-order valence-corrected chi connectivity index (χ1v) is 7.73. The van der Waals surface area contributed by atoms with Crippen LogP contribution in [0.1, 0.15) is 31.9 Å². The number of carbonyl (C=O) groups excluding carboxylic acids is 1. The van der Waals surface area contributed by atoms with Gasteiger partial charge in [0, 0.05) is 0 Å². The molecule has 0 saturated carbocycles. The summed E-state index contributed by atoms with van der Waals surface area (Å²) in [7, 11) is -2.75. The van der Waals surface area contributed by atoms with Gasteiger partial charge in [0.2, 0.25) is 0 Å². The van der Waals surface area contributed by atoms with Crippen molar-refractivity contribution in [3.63, 3.8) is 0 Å². The minimum atomic E-state index is -2.75. The number of hydrogen-bond donors (Lipinski definition) is 3. The molecule has 1 aromatic rings. The van der Waals surface area contributed by atoms with Crippen LogP contribution in [-0.2, 0) is 21.7 Å². The summed E-state index contributed by atoms with van der Waals surface area (Å²) in [6.45, 7) is 5.48. The van der Waals surface area contributed by atoms with Gasteiger partial charge in [0.15, 0.2) is 0 Å². The van der Waals surface area contributed by atoms with Crippen LogP contribution in [0.3, 0.4) is 0 Å². The van der Waals surface area contributed by atoms with Gasteiger partial charge in [-0.05, 0) is 38.0 Å². The van der Waals surface area contributed by atoms with Crippen molar-refractivity contribution in [2.75, 3.05) is 4.72 Å². The van der Waals surface area contributed by atoms with Gasteiger partial charge in [0.25, 0.3) is 0 Å². The number of rotatable bonds is 2. The van der Waals surface area contributed by atoms with Crippen LogP contribution in [0.2, 0.25) is 0 Å². The van der Waals surface area contributed by atoms with Crippen LogP contribution in [0.25, 0.3) is 0 Å². The van der Waals surface area contributed by atoms with Crippen LogP contribution in [0.4, 0.5) is 5.69 Å². The van der Waals surface area contributed by atoms with Crippen LogP contribution in [-0.4, -0.2) is 20.7 Å². The van der Waals surface area contributed by atoms with Crippen molar-refractivity contribution in [2.24, 2.45) is 0 Å². The number of nitrogens with one attached hydrogen (secondary N) is 1. The monoisotopic (exact) mass is 285 g/mol. The molecular weight excluding hydrogens is 266 g/mol. The molecule has 1 aliphatic heterocycles. The third kappa shape index (κ3) is 3.86. The molecule has 1 heterocycles. The number of ether oxygens (including phenoxy) is 1. The van der Waals surface area contributed by atoms with Crippen LogP contribution in [0.5, 0.6) is 0 Å². The summed E-state index contributed by atoms with van der Waals surface area (Å²) >= 11 is 0. The van der Waals surface area contributed by atoms with Crippen molar-refractivity contribution in [3.05, 3.63) is 29.3 Å². The summed E-state index contributed by atoms with van der Waals surface area (Å²) in [5.74, 6) is -0.102. The van der Waals surface area contributed by atoms with Gasteiger partial charge in [0.1, 0.15) is 5.60 Å². The van der Waals surface area contributed by atoms with E-state index in [0.717, 1.165) is 11.1 Å². The SMILES string of the molecule is CC(C)(C)OC(=O)Cc1ccc2c(c1)CS(O)(O)N2. The van der Waals surface area contributed by atoms with E-state index in [-0.39, 0.29) is 18.1 Å². The maximum absolute atomic E-state index is 11.7. The Hall–Kier alpha value is -1.24. The van der Waals surface area contributed by atoms with Gasteiger partial charge >= 0.3 is 5.97 Å². The molecule has 0 unspecified atom stereocenters. The Balaban J connectivity index is 2.07. The fourth-order valence-corrected chi connectivity index (χ4v) is 3.25. The van der Waals surface area contributed by atoms with E-state index in [2.05, 4.69) is 4.72 Å². The second-order valence-corrected chi connectivity index (χ2v) is 7.49. The number of anilines is 1. The first-order chi connectivity index (χ1) is 8.65. The molecule has 0 aliphatic carbocycles. The average Bonchev–Trinajstić information content (AvgIpc) is 2.47. The number of esters is 1. The number of carbonyl (C=O) groups is 1. The number of benzene rings is 1. The van der Waals surface area contributed by atoms with Crippen LogP contribution >= 0.6 is 10.8 Å². The lowest BCUT2D eigenvalue weighted by Crippen LogP contribution is -2.24. The maximum Gasteiger partial charge on any atom is 0.310 e. The highest BCUT2D eigenvalue weighted by molar-refractivity contribution is 8.25. The van der Waals surface area contributed by atoms with Crippen LogP contribution < -0.4 is 4.72 Å². The zero-order valence-corrected chi connectivity index (χ0v) is 12.1. The first-order valence-electron chi connectivity index (χ1n) is 6.02. The van der Waals surface area contributed by atoms with Crippen molar-refractivity contribution >= 4 is 22.4 Å². The Morgan fingerprint density at radius 3 is 2.74 bits per heavy atom. The molecule has 2 rings (SSSR count). The Bertz CT molecular complexity index is 508. The maximum atomic E-state index is 11.7. The van der Waals surface area contributed by atoms with Gasteiger partial charge in [0.05, 0.1) is 17.9 Å². The zero-order chi connectivity index (χ0) is 14.3.